The summed E-state index contributed by atoms with van der Waals surface area (Å²) in [4.78, 5) is 25.1. The maximum absolute atomic E-state index is 11.8. The van der Waals surface area contributed by atoms with Gasteiger partial charge in [0.25, 0.3) is 0 Å². The Kier molecular flexibility index (Phi) is 2.91. The predicted octanol–water partition coefficient (Wildman–Crippen LogP) is 0.184. The van der Waals surface area contributed by atoms with E-state index in [2.05, 4.69) is 17.9 Å². The van der Waals surface area contributed by atoms with Crippen molar-refractivity contribution in [3.63, 3.8) is 0 Å². The van der Waals surface area contributed by atoms with Crippen molar-refractivity contribution in [3.8, 4) is 0 Å². The van der Waals surface area contributed by atoms with Crippen LogP contribution in [0.4, 0.5) is 0 Å². The lowest BCUT2D eigenvalue weighted by molar-refractivity contribution is -0.132. The summed E-state index contributed by atoms with van der Waals surface area (Å²) in [7, 11) is 0. The molecule has 0 aromatic rings. The van der Waals surface area contributed by atoms with Gasteiger partial charge >= 0.3 is 0 Å². The largest absolute Gasteiger partial charge is 0.343 e. The maximum Gasteiger partial charge on any atom is 0.245 e. The molecular weight excluding hydrogens is 212 g/mol. The summed E-state index contributed by atoms with van der Waals surface area (Å²) in [5, 5.41) is 2.38. The minimum Gasteiger partial charge on any atom is -0.343 e. The number of likely N-dealkylation sites (tertiary alicyclic amines) is 1. The molecule has 0 radical (unpaired) electrons. The van der Waals surface area contributed by atoms with Crippen molar-refractivity contribution >= 4 is 24.4 Å². The molecule has 1 saturated heterocycles. The first-order valence-corrected chi connectivity index (χ1v) is 5.90. The quantitative estimate of drug-likeness (QED) is 0.677. The van der Waals surface area contributed by atoms with Crippen molar-refractivity contribution in [2.75, 3.05) is 6.54 Å². The van der Waals surface area contributed by atoms with Crippen molar-refractivity contribution < 1.29 is 9.59 Å². The lowest BCUT2D eigenvalue weighted by Gasteiger charge is -2.16. The molecule has 0 spiro atoms. The third kappa shape index (κ3) is 2.27. The lowest BCUT2D eigenvalue weighted by Crippen LogP contribution is -2.44. The fourth-order valence-corrected chi connectivity index (χ4v) is 1.95. The number of nitrogens with one attached hydrogen (secondary N) is 1. The van der Waals surface area contributed by atoms with Crippen LogP contribution in [-0.4, -0.2) is 40.6 Å². The Labute approximate surface area is 94.8 Å². The molecule has 84 valence electrons. The molecule has 1 N–H and O–H groups in total. The van der Waals surface area contributed by atoms with E-state index < -0.39 is 0 Å². The minimum absolute atomic E-state index is 0.0832. The first-order chi connectivity index (χ1) is 7.09. The molecule has 1 aliphatic carbocycles. The van der Waals surface area contributed by atoms with Crippen LogP contribution in [0, 0.1) is 0 Å². The van der Waals surface area contributed by atoms with Crippen LogP contribution in [0.2, 0.25) is 0 Å². The second kappa shape index (κ2) is 4.04. The van der Waals surface area contributed by atoms with E-state index in [4.69, 9.17) is 0 Å². The van der Waals surface area contributed by atoms with Gasteiger partial charge in [-0.05, 0) is 26.2 Å². The number of rotatable bonds is 3. The molecule has 2 amide bonds. The topological polar surface area (TPSA) is 49.4 Å². The smallest absolute Gasteiger partial charge is 0.245 e. The van der Waals surface area contributed by atoms with Gasteiger partial charge in [0.1, 0.15) is 6.04 Å². The molecule has 5 heteroatoms. The van der Waals surface area contributed by atoms with E-state index in [1.807, 2.05) is 4.90 Å². The summed E-state index contributed by atoms with van der Waals surface area (Å²) in [6.45, 7) is 2.49. The highest BCUT2D eigenvalue weighted by Crippen LogP contribution is 2.30. The molecular formula is C10H16N2O2S. The number of carbonyl (C=O) groups excluding carboxylic acids is 2. The van der Waals surface area contributed by atoms with Crippen LogP contribution >= 0.6 is 12.6 Å². The fraction of sp³-hybridized carbons (Fsp3) is 0.800. The third-order valence-electron chi connectivity index (χ3n) is 2.92. The number of hydrogen-bond donors (Lipinski definition) is 2. The van der Waals surface area contributed by atoms with Gasteiger partial charge in [-0.3, -0.25) is 9.59 Å². The first kappa shape index (κ1) is 10.8. The number of nitrogens with zero attached hydrogens (tertiary/aromatic N) is 1. The van der Waals surface area contributed by atoms with E-state index in [-0.39, 0.29) is 23.1 Å². The summed E-state index contributed by atoms with van der Waals surface area (Å²) in [5.74, 6) is -0.0748. The van der Waals surface area contributed by atoms with Gasteiger partial charge in [-0.25, -0.2) is 0 Å². The van der Waals surface area contributed by atoms with E-state index in [0.29, 0.717) is 6.04 Å². The highest BCUT2D eigenvalue weighted by atomic mass is 32.1. The predicted molar refractivity (Wildman–Crippen MR) is 59.7 cm³/mol. The van der Waals surface area contributed by atoms with Crippen LogP contribution in [0.1, 0.15) is 26.2 Å². The third-order valence-corrected chi connectivity index (χ3v) is 3.16. The molecule has 0 aromatic carbocycles. The van der Waals surface area contributed by atoms with Crippen LogP contribution in [0.3, 0.4) is 0 Å². The average molecular weight is 228 g/mol. The summed E-state index contributed by atoms with van der Waals surface area (Å²) in [5.41, 5.74) is 0. The summed E-state index contributed by atoms with van der Waals surface area (Å²) >= 11 is 4.03. The Morgan fingerprint density at radius 1 is 1.53 bits per heavy atom. The van der Waals surface area contributed by atoms with Crippen LogP contribution in [0.15, 0.2) is 0 Å². The van der Waals surface area contributed by atoms with Gasteiger partial charge < -0.3 is 10.2 Å². The van der Waals surface area contributed by atoms with Gasteiger partial charge in [-0.15, -0.1) is 0 Å². The monoisotopic (exact) mass is 228 g/mol. The Bertz CT molecular complexity index is 289. The second-order valence-corrected chi connectivity index (χ2v) is 5.06. The zero-order valence-corrected chi connectivity index (χ0v) is 9.67. The van der Waals surface area contributed by atoms with Gasteiger partial charge in [-0.2, -0.15) is 12.6 Å². The molecule has 2 fully saturated rings. The van der Waals surface area contributed by atoms with Crippen LogP contribution < -0.4 is 5.32 Å². The van der Waals surface area contributed by atoms with Crippen molar-refractivity contribution in [2.24, 2.45) is 0 Å². The molecule has 15 heavy (non-hydrogen) atoms. The molecule has 0 bridgehead atoms. The van der Waals surface area contributed by atoms with Gasteiger partial charge in [0.2, 0.25) is 11.8 Å². The maximum atomic E-state index is 11.8. The van der Waals surface area contributed by atoms with Crippen LogP contribution in [0.25, 0.3) is 0 Å². The summed E-state index contributed by atoms with van der Waals surface area (Å²) in [6, 6.07) is 0.139. The molecule has 2 atom stereocenters. The normalized spacial score (nSPS) is 28.0. The molecule has 1 heterocycles. The highest BCUT2D eigenvalue weighted by molar-refractivity contribution is 7.81. The Morgan fingerprint density at radius 2 is 2.20 bits per heavy atom. The van der Waals surface area contributed by atoms with E-state index in [1.54, 1.807) is 6.92 Å². The number of amides is 2. The first-order valence-electron chi connectivity index (χ1n) is 5.38. The number of thiol groups is 1. The molecule has 2 rings (SSSR count). The SMILES string of the molecule is CC(S)C(=O)NC1CCN(C2CC2)C1=O. The number of hydrogen-bond acceptors (Lipinski definition) is 3. The van der Waals surface area contributed by atoms with Crippen molar-refractivity contribution in [2.45, 2.75) is 43.5 Å². The van der Waals surface area contributed by atoms with E-state index in [0.717, 1.165) is 25.8 Å². The molecule has 4 nitrogen and oxygen atoms in total. The van der Waals surface area contributed by atoms with Crippen molar-refractivity contribution in [1.29, 1.82) is 0 Å². The fourth-order valence-electron chi connectivity index (χ4n) is 1.88. The highest BCUT2D eigenvalue weighted by Gasteiger charge is 2.40. The summed E-state index contributed by atoms with van der Waals surface area (Å²) < 4.78 is 0. The van der Waals surface area contributed by atoms with Gasteiger partial charge in [0.15, 0.2) is 0 Å². The standard InChI is InChI=1S/C10H16N2O2S/c1-6(15)9(13)11-8-4-5-12(10(8)14)7-2-3-7/h6-8,15H,2-5H2,1H3,(H,11,13). The molecule has 2 aliphatic rings. The van der Waals surface area contributed by atoms with Crippen LogP contribution in [0.5, 0.6) is 0 Å². The van der Waals surface area contributed by atoms with Crippen molar-refractivity contribution in [3.05, 3.63) is 0 Å². The molecule has 0 aromatic heterocycles. The minimum atomic E-state index is -0.354. The molecule has 1 aliphatic heterocycles. The van der Waals surface area contributed by atoms with E-state index >= 15 is 0 Å². The zero-order valence-electron chi connectivity index (χ0n) is 8.77. The van der Waals surface area contributed by atoms with E-state index in [1.165, 1.54) is 0 Å². The van der Waals surface area contributed by atoms with Crippen molar-refractivity contribution in [1.82, 2.24) is 10.2 Å². The zero-order chi connectivity index (χ0) is 11.0. The Hall–Kier alpha value is -0.710. The van der Waals surface area contributed by atoms with E-state index in [9.17, 15) is 9.59 Å². The molecule has 2 unspecified atom stereocenters. The van der Waals surface area contributed by atoms with Gasteiger partial charge in [0.05, 0.1) is 5.25 Å². The molecule has 1 saturated carbocycles. The van der Waals surface area contributed by atoms with Crippen LogP contribution in [-0.2, 0) is 9.59 Å². The van der Waals surface area contributed by atoms with Gasteiger partial charge in [-0.1, -0.05) is 0 Å². The Morgan fingerprint density at radius 3 is 2.73 bits per heavy atom. The summed E-state index contributed by atoms with van der Waals surface area (Å²) in [6.07, 6.45) is 2.98. The lowest BCUT2D eigenvalue weighted by atomic mass is 10.2. The second-order valence-electron chi connectivity index (χ2n) is 4.29. The van der Waals surface area contributed by atoms with Gasteiger partial charge in [0, 0.05) is 12.6 Å². The Balaban J connectivity index is 1.89. The number of carbonyl (C=O) groups is 2. The average Bonchev–Trinajstić information content (AvgIpc) is 2.95.